The van der Waals surface area contributed by atoms with Gasteiger partial charge in [-0.2, -0.15) is 13.2 Å². The van der Waals surface area contributed by atoms with E-state index in [0.717, 1.165) is 12.1 Å². The number of urea groups is 1. The Kier molecular flexibility index (Phi) is 5.19. The molecular formula is C16H20F3N7O. The van der Waals surface area contributed by atoms with Crippen LogP contribution in [-0.4, -0.2) is 57.3 Å². The van der Waals surface area contributed by atoms with E-state index in [9.17, 15) is 18.0 Å². The molecule has 1 atom stereocenters. The molecule has 1 aliphatic rings. The van der Waals surface area contributed by atoms with E-state index in [1.54, 1.807) is 18.9 Å². The minimum absolute atomic E-state index is 0.224. The zero-order valence-electron chi connectivity index (χ0n) is 14.9. The van der Waals surface area contributed by atoms with Gasteiger partial charge in [0.25, 0.3) is 0 Å². The van der Waals surface area contributed by atoms with Gasteiger partial charge in [-0.25, -0.2) is 9.48 Å². The van der Waals surface area contributed by atoms with Crippen LogP contribution in [0, 0.1) is 0 Å². The first-order valence-corrected chi connectivity index (χ1v) is 8.45. The zero-order chi connectivity index (χ0) is 19.6. The van der Waals surface area contributed by atoms with Crippen LogP contribution in [0.4, 0.5) is 23.7 Å². The molecule has 1 N–H and O–H groups in total. The molecule has 146 valence electrons. The number of anilines is 1. The van der Waals surface area contributed by atoms with Crippen LogP contribution in [0.15, 0.2) is 24.3 Å². The highest BCUT2D eigenvalue weighted by molar-refractivity contribution is 5.75. The molecule has 1 fully saturated rings. The van der Waals surface area contributed by atoms with Crippen molar-refractivity contribution in [1.29, 1.82) is 0 Å². The highest BCUT2D eigenvalue weighted by Gasteiger charge is 2.30. The van der Waals surface area contributed by atoms with Crippen LogP contribution in [0.1, 0.15) is 24.4 Å². The number of hydrogen-bond acceptors (Lipinski definition) is 5. The van der Waals surface area contributed by atoms with Gasteiger partial charge >= 0.3 is 12.2 Å². The number of piperazine rings is 1. The van der Waals surface area contributed by atoms with Gasteiger partial charge in [-0.1, -0.05) is 0 Å². The molecule has 2 amide bonds. The van der Waals surface area contributed by atoms with Gasteiger partial charge in [-0.05, 0) is 41.6 Å². The average Bonchev–Trinajstić information content (AvgIpc) is 3.07. The minimum Gasteiger partial charge on any atom is -0.368 e. The van der Waals surface area contributed by atoms with E-state index in [-0.39, 0.29) is 12.1 Å². The number of aromatic nitrogens is 4. The summed E-state index contributed by atoms with van der Waals surface area (Å²) in [6.45, 7) is 3.81. The van der Waals surface area contributed by atoms with E-state index in [4.69, 9.17) is 0 Å². The fourth-order valence-corrected chi connectivity index (χ4v) is 2.97. The number of nitrogens with zero attached hydrogens (tertiary/aromatic N) is 6. The minimum atomic E-state index is -4.34. The summed E-state index contributed by atoms with van der Waals surface area (Å²) in [4.78, 5) is 16.0. The third kappa shape index (κ3) is 4.29. The van der Waals surface area contributed by atoms with Crippen LogP contribution in [0.2, 0.25) is 0 Å². The molecule has 11 heteroatoms. The molecule has 8 nitrogen and oxygen atoms in total. The SMILES string of the molecule is C[C@@H](NC(=O)N1CCN(c2ccc(C(F)(F)F)cc2)CC1)c1nnnn1C. The molecule has 0 unspecified atom stereocenters. The van der Waals surface area contributed by atoms with Gasteiger partial charge in [0, 0.05) is 38.9 Å². The van der Waals surface area contributed by atoms with Gasteiger partial charge in [-0.3, -0.25) is 0 Å². The lowest BCUT2D eigenvalue weighted by atomic mass is 10.1. The smallest absolute Gasteiger partial charge is 0.368 e. The lowest BCUT2D eigenvalue weighted by Gasteiger charge is -2.36. The van der Waals surface area contributed by atoms with Crippen molar-refractivity contribution < 1.29 is 18.0 Å². The van der Waals surface area contributed by atoms with Crippen molar-refractivity contribution in [2.45, 2.75) is 19.1 Å². The number of nitrogens with one attached hydrogen (secondary N) is 1. The lowest BCUT2D eigenvalue weighted by molar-refractivity contribution is -0.137. The van der Waals surface area contributed by atoms with Crippen molar-refractivity contribution in [3.63, 3.8) is 0 Å². The fourth-order valence-electron chi connectivity index (χ4n) is 2.97. The van der Waals surface area contributed by atoms with Gasteiger partial charge in [0.15, 0.2) is 5.82 Å². The largest absolute Gasteiger partial charge is 0.416 e. The number of amides is 2. The Hall–Kier alpha value is -2.85. The summed E-state index contributed by atoms with van der Waals surface area (Å²) >= 11 is 0. The lowest BCUT2D eigenvalue weighted by Crippen LogP contribution is -2.52. The summed E-state index contributed by atoms with van der Waals surface area (Å²) in [6.07, 6.45) is -4.34. The quantitative estimate of drug-likeness (QED) is 0.875. The van der Waals surface area contributed by atoms with Gasteiger partial charge < -0.3 is 15.1 Å². The van der Waals surface area contributed by atoms with Crippen molar-refractivity contribution >= 4 is 11.7 Å². The monoisotopic (exact) mass is 383 g/mol. The maximum atomic E-state index is 12.7. The van der Waals surface area contributed by atoms with Crippen LogP contribution in [0.25, 0.3) is 0 Å². The van der Waals surface area contributed by atoms with Crippen molar-refractivity contribution in [1.82, 2.24) is 30.4 Å². The van der Waals surface area contributed by atoms with E-state index in [2.05, 4.69) is 20.8 Å². The molecule has 3 rings (SSSR count). The van der Waals surface area contributed by atoms with E-state index < -0.39 is 11.7 Å². The topological polar surface area (TPSA) is 79.2 Å². The van der Waals surface area contributed by atoms with Gasteiger partial charge in [0.05, 0.1) is 11.6 Å². The third-order valence-electron chi connectivity index (χ3n) is 4.51. The number of carbonyl (C=O) groups is 1. The second-order valence-corrected chi connectivity index (χ2v) is 6.35. The average molecular weight is 383 g/mol. The Balaban J connectivity index is 1.54. The summed E-state index contributed by atoms with van der Waals surface area (Å²) < 4.78 is 39.5. The van der Waals surface area contributed by atoms with E-state index in [1.165, 1.54) is 16.8 Å². The molecule has 0 spiro atoms. The normalized spacial score (nSPS) is 16.3. The molecule has 0 bridgehead atoms. The molecule has 1 aromatic carbocycles. The molecule has 0 radical (unpaired) electrons. The molecule has 1 aromatic heterocycles. The van der Waals surface area contributed by atoms with Gasteiger partial charge in [0.1, 0.15) is 0 Å². The highest BCUT2D eigenvalue weighted by atomic mass is 19.4. The second kappa shape index (κ2) is 7.41. The third-order valence-corrected chi connectivity index (χ3v) is 4.51. The van der Waals surface area contributed by atoms with Crippen molar-refractivity contribution in [2.24, 2.45) is 7.05 Å². The summed E-state index contributed by atoms with van der Waals surface area (Å²) in [5.41, 5.74) is 0.0399. The molecular weight excluding hydrogens is 363 g/mol. The Labute approximate surface area is 153 Å². The molecule has 27 heavy (non-hydrogen) atoms. The first kappa shape index (κ1) is 18.9. The maximum Gasteiger partial charge on any atom is 0.416 e. The predicted molar refractivity (Wildman–Crippen MR) is 91.0 cm³/mol. The van der Waals surface area contributed by atoms with E-state index in [0.29, 0.717) is 37.7 Å². The predicted octanol–water partition coefficient (Wildman–Crippen LogP) is 1.82. The zero-order valence-corrected chi connectivity index (χ0v) is 14.9. The second-order valence-electron chi connectivity index (χ2n) is 6.35. The Morgan fingerprint density at radius 2 is 1.78 bits per heavy atom. The Morgan fingerprint density at radius 3 is 2.30 bits per heavy atom. The number of halogens is 3. The summed E-state index contributed by atoms with van der Waals surface area (Å²) in [7, 11) is 1.70. The maximum absolute atomic E-state index is 12.7. The fraction of sp³-hybridized carbons (Fsp3) is 0.500. The summed E-state index contributed by atoms with van der Waals surface area (Å²) in [5, 5.41) is 14.0. The first-order valence-electron chi connectivity index (χ1n) is 8.45. The number of benzene rings is 1. The Morgan fingerprint density at radius 1 is 1.15 bits per heavy atom. The number of alkyl halides is 3. The molecule has 2 aromatic rings. The standard InChI is InChI=1S/C16H20F3N7O/c1-11(14-21-22-23-24(14)2)20-15(27)26-9-7-25(8-10-26)13-5-3-12(4-6-13)16(17,18)19/h3-6,11H,7-10H2,1-2H3,(H,20,27)/t11-/m1/s1. The Bertz CT molecular complexity index is 782. The molecule has 1 aliphatic heterocycles. The first-order chi connectivity index (χ1) is 12.8. The molecule has 0 saturated carbocycles. The number of rotatable bonds is 3. The molecule has 2 heterocycles. The summed E-state index contributed by atoms with van der Waals surface area (Å²) in [6, 6.07) is 4.50. The number of carbonyl (C=O) groups excluding carboxylic acids is 1. The van der Waals surface area contributed by atoms with Crippen LogP contribution < -0.4 is 10.2 Å². The van der Waals surface area contributed by atoms with Crippen molar-refractivity contribution in [2.75, 3.05) is 31.1 Å². The highest BCUT2D eigenvalue weighted by Crippen LogP contribution is 2.30. The van der Waals surface area contributed by atoms with Gasteiger partial charge in [0.2, 0.25) is 0 Å². The van der Waals surface area contributed by atoms with Crippen LogP contribution >= 0.6 is 0 Å². The van der Waals surface area contributed by atoms with Crippen molar-refractivity contribution in [3.8, 4) is 0 Å². The molecule has 0 aliphatic carbocycles. The van der Waals surface area contributed by atoms with Crippen LogP contribution in [-0.2, 0) is 13.2 Å². The number of tetrazole rings is 1. The molecule has 1 saturated heterocycles. The van der Waals surface area contributed by atoms with E-state index >= 15 is 0 Å². The van der Waals surface area contributed by atoms with Gasteiger partial charge in [-0.15, -0.1) is 5.10 Å². The van der Waals surface area contributed by atoms with E-state index in [1.807, 2.05) is 4.90 Å². The van der Waals surface area contributed by atoms with Crippen LogP contribution in [0.5, 0.6) is 0 Å². The van der Waals surface area contributed by atoms with Crippen LogP contribution in [0.3, 0.4) is 0 Å². The number of hydrogen-bond donors (Lipinski definition) is 1. The number of aryl methyl sites for hydroxylation is 1. The van der Waals surface area contributed by atoms with Crippen molar-refractivity contribution in [3.05, 3.63) is 35.7 Å². The summed E-state index contributed by atoms with van der Waals surface area (Å²) in [5.74, 6) is 0.548.